The number of benzene rings is 10. The van der Waals surface area contributed by atoms with E-state index in [2.05, 4.69) is 243 Å². The molecule has 11 aromatic rings. The van der Waals surface area contributed by atoms with Crippen LogP contribution in [-0.4, -0.2) is 0 Å². The van der Waals surface area contributed by atoms with Crippen molar-refractivity contribution in [3.63, 3.8) is 0 Å². The lowest BCUT2D eigenvalue weighted by molar-refractivity contribution is 0.660. The van der Waals surface area contributed by atoms with Crippen molar-refractivity contribution in [3.05, 3.63) is 236 Å². The number of rotatable bonds is 7. The van der Waals surface area contributed by atoms with Gasteiger partial charge in [-0.15, -0.1) is 0 Å². The summed E-state index contributed by atoms with van der Waals surface area (Å²) in [5.41, 5.74) is 19.9. The first-order chi connectivity index (χ1) is 31.0. The van der Waals surface area contributed by atoms with Crippen LogP contribution in [0, 0.1) is 0 Å². The lowest BCUT2D eigenvalue weighted by Gasteiger charge is -2.26. The number of nitrogens with zero attached hydrogens (tertiary/aromatic N) is 1. The van der Waals surface area contributed by atoms with Crippen molar-refractivity contribution in [2.45, 2.75) is 19.3 Å². The molecule has 0 saturated heterocycles. The summed E-state index contributed by atoms with van der Waals surface area (Å²) in [6, 6.07) is 81.4. The van der Waals surface area contributed by atoms with Crippen LogP contribution in [0.4, 0.5) is 17.1 Å². The quantitative estimate of drug-likeness (QED) is 0.160. The molecule has 0 fully saturated rings. The summed E-state index contributed by atoms with van der Waals surface area (Å²) < 4.78 is 6.82. The third-order valence-electron chi connectivity index (χ3n) is 13.3. The molecule has 0 saturated carbocycles. The van der Waals surface area contributed by atoms with Crippen LogP contribution in [0.25, 0.3) is 88.3 Å². The second-order valence-electron chi connectivity index (χ2n) is 17.3. The minimum atomic E-state index is -0.0870. The monoisotopic (exact) mass is 805 g/mol. The number of furan rings is 1. The van der Waals surface area contributed by atoms with Crippen molar-refractivity contribution in [2.75, 3.05) is 4.90 Å². The van der Waals surface area contributed by atoms with Crippen LogP contribution in [0.5, 0.6) is 0 Å². The van der Waals surface area contributed by atoms with Crippen LogP contribution in [0.3, 0.4) is 0 Å². The Kier molecular flexibility index (Phi) is 8.55. The molecule has 10 aromatic carbocycles. The Balaban J connectivity index is 0.969. The van der Waals surface area contributed by atoms with E-state index in [1.807, 2.05) is 0 Å². The molecular formula is C61H43NO. The van der Waals surface area contributed by atoms with Gasteiger partial charge < -0.3 is 9.32 Å². The first kappa shape index (κ1) is 36.9. The van der Waals surface area contributed by atoms with Gasteiger partial charge in [0.1, 0.15) is 11.2 Å². The third kappa shape index (κ3) is 6.09. The molecule has 0 spiro atoms. The molecule has 2 heteroatoms. The SMILES string of the molecule is CC1(C)c2ccccc2-c2ccc(-c3cc4c(oc5cccc(-c6ccc(N(c7ccc(-c8ccccc8)cc7)c7ccc(-c8ccccc8)cc7)cc6)c54)c4ccccc34)cc21. The van der Waals surface area contributed by atoms with Crippen molar-refractivity contribution in [3.8, 4) is 55.6 Å². The van der Waals surface area contributed by atoms with E-state index in [1.54, 1.807) is 0 Å². The minimum Gasteiger partial charge on any atom is -0.455 e. The van der Waals surface area contributed by atoms with Crippen LogP contribution < -0.4 is 4.90 Å². The van der Waals surface area contributed by atoms with Crippen LogP contribution in [0.1, 0.15) is 25.0 Å². The van der Waals surface area contributed by atoms with Gasteiger partial charge in [0.25, 0.3) is 0 Å². The molecule has 1 aromatic heterocycles. The maximum Gasteiger partial charge on any atom is 0.143 e. The molecule has 0 radical (unpaired) electrons. The van der Waals surface area contributed by atoms with E-state index in [4.69, 9.17) is 4.42 Å². The molecule has 0 N–H and O–H groups in total. The van der Waals surface area contributed by atoms with Gasteiger partial charge in [0, 0.05) is 38.6 Å². The highest BCUT2D eigenvalue weighted by molar-refractivity contribution is 6.22. The zero-order valence-corrected chi connectivity index (χ0v) is 35.2. The van der Waals surface area contributed by atoms with Crippen LogP contribution >= 0.6 is 0 Å². The summed E-state index contributed by atoms with van der Waals surface area (Å²) in [6.07, 6.45) is 0. The van der Waals surface area contributed by atoms with Gasteiger partial charge in [-0.05, 0) is 127 Å². The van der Waals surface area contributed by atoms with Gasteiger partial charge in [-0.1, -0.05) is 184 Å². The smallest absolute Gasteiger partial charge is 0.143 e. The largest absolute Gasteiger partial charge is 0.455 e. The van der Waals surface area contributed by atoms with Crippen molar-refractivity contribution < 1.29 is 4.42 Å². The number of hydrogen-bond acceptors (Lipinski definition) is 2. The predicted molar refractivity (Wildman–Crippen MR) is 265 cm³/mol. The number of fused-ring (bicyclic) bond motifs is 8. The number of hydrogen-bond donors (Lipinski definition) is 0. The Morgan fingerprint density at radius 3 is 1.46 bits per heavy atom. The maximum atomic E-state index is 6.82. The van der Waals surface area contributed by atoms with Gasteiger partial charge in [-0.2, -0.15) is 0 Å². The maximum absolute atomic E-state index is 6.82. The first-order valence-corrected chi connectivity index (χ1v) is 21.8. The minimum absolute atomic E-state index is 0.0870. The van der Waals surface area contributed by atoms with Gasteiger partial charge in [0.05, 0.1) is 0 Å². The molecule has 2 nitrogen and oxygen atoms in total. The highest BCUT2D eigenvalue weighted by atomic mass is 16.3. The van der Waals surface area contributed by atoms with E-state index in [0.29, 0.717) is 0 Å². The average Bonchev–Trinajstić information content (AvgIpc) is 3.84. The Labute approximate surface area is 368 Å². The molecule has 0 amide bonds. The topological polar surface area (TPSA) is 16.4 Å². The van der Waals surface area contributed by atoms with Gasteiger partial charge in [-0.3, -0.25) is 0 Å². The molecular weight excluding hydrogens is 763 g/mol. The molecule has 1 aliphatic rings. The van der Waals surface area contributed by atoms with Crippen molar-refractivity contribution in [1.82, 2.24) is 0 Å². The Hall–Kier alpha value is -7.94. The van der Waals surface area contributed by atoms with Crippen molar-refractivity contribution >= 4 is 49.8 Å². The zero-order chi connectivity index (χ0) is 42.1. The number of anilines is 3. The summed E-state index contributed by atoms with van der Waals surface area (Å²) in [4.78, 5) is 2.34. The average molecular weight is 806 g/mol. The van der Waals surface area contributed by atoms with Crippen molar-refractivity contribution in [2.24, 2.45) is 0 Å². The summed E-state index contributed by atoms with van der Waals surface area (Å²) in [5.74, 6) is 0. The zero-order valence-electron chi connectivity index (χ0n) is 35.2. The molecule has 298 valence electrons. The summed E-state index contributed by atoms with van der Waals surface area (Å²) in [5, 5.41) is 4.57. The van der Waals surface area contributed by atoms with Crippen LogP contribution in [0.2, 0.25) is 0 Å². The van der Waals surface area contributed by atoms with Crippen LogP contribution in [0.15, 0.2) is 229 Å². The third-order valence-corrected chi connectivity index (χ3v) is 13.3. The summed E-state index contributed by atoms with van der Waals surface area (Å²) >= 11 is 0. The molecule has 0 atom stereocenters. The molecule has 12 rings (SSSR count). The molecule has 1 aliphatic carbocycles. The highest BCUT2D eigenvalue weighted by Gasteiger charge is 2.35. The molecule has 0 unspecified atom stereocenters. The molecule has 63 heavy (non-hydrogen) atoms. The fraction of sp³-hybridized carbons (Fsp3) is 0.0492. The van der Waals surface area contributed by atoms with E-state index in [-0.39, 0.29) is 5.41 Å². The van der Waals surface area contributed by atoms with Gasteiger partial charge in [0.15, 0.2) is 0 Å². The fourth-order valence-corrected chi connectivity index (χ4v) is 10.1. The van der Waals surface area contributed by atoms with E-state index in [0.717, 1.165) is 55.5 Å². The van der Waals surface area contributed by atoms with E-state index in [9.17, 15) is 0 Å². The Morgan fingerprint density at radius 1 is 0.333 bits per heavy atom. The van der Waals surface area contributed by atoms with E-state index >= 15 is 0 Å². The van der Waals surface area contributed by atoms with E-state index < -0.39 is 0 Å². The van der Waals surface area contributed by atoms with Crippen LogP contribution in [-0.2, 0) is 5.41 Å². The first-order valence-electron chi connectivity index (χ1n) is 21.8. The standard InChI is InChI=1S/C61H43NO/c1-61(2)56-22-12-11-19-51(56)52-37-30-45(38-57(52)61)54-39-55-59-49(21-13-23-58(59)63-60(55)53-20-10-9-18-50(53)54)44-28-35-48(36-29-44)62(46-31-24-42(25-32-46)40-14-5-3-6-15-40)47-33-26-43(27-34-47)41-16-7-4-8-17-41/h3-39H,1-2H3. The Bertz CT molecular complexity index is 3410. The summed E-state index contributed by atoms with van der Waals surface area (Å²) in [6.45, 7) is 4.71. The van der Waals surface area contributed by atoms with Gasteiger partial charge in [-0.25, -0.2) is 0 Å². The lowest BCUT2D eigenvalue weighted by Crippen LogP contribution is -2.14. The highest BCUT2D eigenvalue weighted by Crippen LogP contribution is 2.51. The summed E-state index contributed by atoms with van der Waals surface area (Å²) in [7, 11) is 0. The predicted octanol–water partition coefficient (Wildman–Crippen LogP) is 17.2. The second kappa shape index (κ2) is 14.6. The normalized spacial score (nSPS) is 12.7. The molecule has 0 aliphatic heterocycles. The van der Waals surface area contributed by atoms with E-state index in [1.165, 1.54) is 61.0 Å². The van der Waals surface area contributed by atoms with Gasteiger partial charge >= 0.3 is 0 Å². The molecule has 0 bridgehead atoms. The van der Waals surface area contributed by atoms with Gasteiger partial charge in [0.2, 0.25) is 0 Å². The molecule has 1 heterocycles. The Morgan fingerprint density at radius 2 is 0.825 bits per heavy atom. The lowest BCUT2D eigenvalue weighted by atomic mass is 9.81. The second-order valence-corrected chi connectivity index (χ2v) is 17.3. The fourth-order valence-electron chi connectivity index (χ4n) is 10.1. The van der Waals surface area contributed by atoms with Crippen molar-refractivity contribution in [1.29, 1.82) is 0 Å².